The molecule has 0 aliphatic carbocycles. The van der Waals surface area contributed by atoms with Gasteiger partial charge in [-0.25, -0.2) is 4.98 Å². The number of aryl methyl sites for hydroxylation is 2. The number of carbonyl (C=O) groups excluding carboxylic acids is 2. The minimum atomic E-state index is -0.0544. The Morgan fingerprint density at radius 3 is 2.47 bits per heavy atom. The summed E-state index contributed by atoms with van der Waals surface area (Å²) in [6.45, 7) is 8.06. The van der Waals surface area contributed by atoms with Gasteiger partial charge >= 0.3 is 0 Å². The highest BCUT2D eigenvalue weighted by Gasteiger charge is 2.25. The zero-order valence-electron chi connectivity index (χ0n) is 17.6. The number of nitrogens with zero attached hydrogens (tertiary/aromatic N) is 3. The first-order chi connectivity index (χ1) is 14.4. The number of ether oxygens (including phenoxy) is 1. The number of imidazole rings is 1. The molecule has 2 heterocycles. The van der Waals surface area contributed by atoms with Crippen LogP contribution in [0, 0.1) is 20.8 Å². The number of carbonyl (C=O) groups is 2. The lowest BCUT2D eigenvalue weighted by Crippen LogP contribution is -2.51. The van der Waals surface area contributed by atoms with Crippen LogP contribution in [0.15, 0.2) is 36.7 Å². The SMILES string of the molecule is Cc1ccc(C)c(OCC(=O)N2CCN(C(=O)c3ccc4nc[nH]c4c3)CC2)c1C. The maximum Gasteiger partial charge on any atom is 0.260 e. The number of aromatic nitrogens is 2. The van der Waals surface area contributed by atoms with Gasteiger partial charge in [0.2, 0.25) is 0 Å². The number of fused-ring (bicyclic) bond motifs is 1. The maximum atomic E-state index is 12.8. The first-order valence-corrected chi connectivity index (χ1v) is 10.1. The van der Waals surface area contributed by atoms with Crippen molar-refractivity contribution in [3.05, 3.63) is 58.9 Å². The van der Waals surface area contributed by atoms with Gasteiger partial charge in [0.1, 0.15) is 5.75 Å². The summed E-state index contributed by atoms with van der Waals surface area (Å²) in [5.41, 5.74) is 5.53. The van der Waals surface area contributed by atoms with Gasteiger partial charge in [-0.15, -0.1) is 0 Å². The van der Waals surface area contributed by atoms with E-state index in [1.165, 1.54) is 0 Å². The molecule has 1 aliphatic heterocycles. The highest BCUT2D eigenvalue weighted by molar-refractivity contribution is 5.97. The van der Waals surface area contributed by atoms with Gasteiger partial charge in [0.15, 0.2) is 6.61 Å². The molecule has 2 amide bonds. The Morgan fingerprint density at radius 2 is 1.70 bits per heavy atom. The van der Waals surface area contributed by atoms with Crippen LogP contribution in [-0.4, -0.2) is 64.4 Å². The second-order valence-corrected chi connectivity index (χ2v) is 7.75. The molecule has 30 heavy (non-hydrogen) atoms. The van der Waals surface area contributed by atoms with E-state index < -0.39 is 0 Å². The number of aromatic amines is 1. The Kier molecular flexibility index (Phi) is 5.44. The molecule has 0 bridgehead atoms. The van der Waals surface area contributed by atoms with Gasteiger partial charge in [0, 0.05) is 31.7 Å². The van der Waals surface area contributed by atoms with Crippen LogP contribution in [0.3, 0.4) is 0 Å². The van der Waals surface area contributed by atoms with Crippen LogP contribution in [-0.2, 0) is 4.79 Å². The summed E-state index contributed by atoms with van der Waals surface area (Å²) in [5.74, 6) is 0.702. The van der Waals surface area contributed by atoms with Crippen molar-refractivity contribution in [2.45, 2.75) is 20.8 Å². The topological polar surface area (TPSA) is 78.5 Å². The van der Waals surface area contributed by atoms with Crippen molar-refractivity contribution in [3.63, 3.8) is 0 Å². The Morgan fingerprint density at radius 1 is 1.00 bits per heavy atom. The molecule has 0 atom stereocenters. The Hall–Kier alpha value is -3.35. The van der Waals surface area contributed by atoms with Crippen molar-refractivity contribution < 1.29 is 14.3 Å². The number of benzene rings is 2. The van der Waals surface area contributed by atoms with Crippen LogP contribution in [0.5, 0.6) is 5.75 Å². The van der Waals surface area contributed by atoms with Crippen LogP contribution in [0.4, 0.5) is 0 Å². The van der Waals surface area contributed by atoms with Crippen molar-refractivity contribution >= 4 is 22.8 Å². The van der Waals surface area contributed by atoms with Crippen molar-refractivity contribution in [1.29, 1.82) is 0 Å². The first-order valence-electron chi connectivity index (χ1n) is 10.1. The Bertz CT molecular complexity index is 1100. The number of hydrogen-bond acceptors (Lipinski definition) is 4. The lowest BCUT2D eigenvalue weighted by Gasteiger charge is -2.34. The zero-order chi connectivity index (χ0) is 21.3. The largest absolute Gasteiger partial charge is 0.483 e. The molecule has 1 aromatic heterocycles. The predicted octanol–water partition coefficient (Wildman–Crippen LogP) is 2.85. The van der Waals surface area contributed by atoms with Crippen LogP contribution in [0.25, 0.3) is 11.0 Å². The van der Waals surface area contributed by atoms with Gasteiger partial charge < -0.3 is 19.5 Å². The van der Waals surface area contributed by atoms with Gasteiger partial charge in [0.25, 0.3) is 11.8 Å². The summed E-state index contributed by atoms with van der Waals surface area (Å²) in [5, 5.41) is 0. The second-order valence-electron chi connectivity index (χ2n) is 7.75. The van der Waals surface area contributed by atoms with E-state index in [9.17, 15) is 9.59 Å². The molecule has 0 saturated carbocycles. The Balaban J connectivity index is 1.33. The third-order valence-electron chi connectivity index (χ3n) is 5.80. The molecule has 0 unspecified atom stereocenters. The van der Waals surface area contributed by atoms with Crippen molar-refractivity contribution in [1.82, 2.24) is 19.8 Å². The van der Waals surface area contributed by atoms with Crippen molar-refractivity contribution in [2.75, 3.05) is 32.8 Å². The lowest BCUT2D eigenvalue weighted by molar-refractivity contribution is -0.134. The maximum absolute atomic E-state index is 12.8. The van der Waals surface area contributed by atoms with E-state index in [2.05, 4.69) is 16.0 Å². The van der Waals surface area contributed by atoms with E-state index in [0.717, 1.165) is 33.5 Å². The molecular weight excluding hydrogens is 380 g/mol. The zero-order valence-corrected chi connectivity index (χ0v) is 17.6. The highest BCUT2D eigenvalue weighted by atomic mass is 16.5. The van der Waals surface area contributed by atoms with Crippen LogP contribution >= 0.6 is 0 Å². The number of H-pyrrole nitrogens is 1. The molecular formula is C23H26N4O3. The van der Waals surface area contributed by atoms with E-state index in [4.69, 9.17) is 4.74 Å². The molecule has 0 radical (unpaired) electrons. The molecule has 4 rings (SSSR count). The standard InChI is InChI=1S/C23H26N4O3/c1-15-4-5-16(2)22(17(15)3)30-13-21(28)26-8-10-27(11-9-26)23(29)18-6-7-19-20(12-18)25-14-24-19/h4-7,12,14H,8-11,13H2,1-3H3,(H,24,25). The molecule has 3 aromatic rings. The summed E-state index contributed by atoms with van der Waals surface area (Å²) in [7, 11) is 0. The fourth-order valence-corrected chi connectivity index (χ4v) is 3.78. The van der Waals surface area contributed by atoms with E-state index in [1.54, 1.807) is 22.2 Å². The number of rotatable bonds is 4. The number of piperazine rings is 1. The number of nitrogens with one attached hydrogen (secondary N) is 1. The highest BCUT2D eigenvalue weighted by Crippen LogP contribution is 2.25. The second kappa shape index (κ2) is 8.18. The summed E-state index contributed by atoms with van der Waals surface area (Å²) in [4.78, 5) is 36.2. The third-order valence-corrected chi connectivity index (χ3v) is 5.80. The minimum Gasteiger partial charge on any atom is -0.483 e. The monoisotopic (exact) mass is 406 g/mol. The van der Waals surface area contributed by atoms with Gasteiger partial charge in [-0.1, -0.05) is 12.1 Å². The smallest absolute Gasteiger partial charge is 0.260 e. The van der Waals surface area contributed by atoms with Gasteiger partial charge in [-0.3, -0.25) is 9.59 Å². The normalized spacial score (nSPS) is 14.2. The van der Waals surface area contributed by atoms with E-state index in [-0.39, 0.29) is 18.4 Å². The lowest BCUT2D eigenvalue weighted by atomic mass is 10.1. The van der Waals surface area contributed by atoms with E-state index in [1.807, 2.05) is 39.0 Å². The average Bonchev–Trinajstić information content (AvgIpc) is 3.24. The fraction of sp³-hybridized carbons (Fsp3) is 0.348. The molecule has 156 valence electrons. The van der Waals surface area contributed by atoms with Crippen molar-refractivity contribution in [2.24, 2.45) is 0 Å². The van der Waals surface area contributed by atoms with E-state index in [0.29, 0.717) is 31.7 Å². The molecule has 1 fully saturated rings. The van der Waals surface area contributed by atoms with Gasteiger partial charge in [-0.05, 0) is 55.7 Å². The fourth-order valence-electron chi connectivity index (χ4n) is 3.78. The van der Waals surface area contributed by atoms with Crippen molar-refractivity contribution in [3.8, 4) is 5.75 Å². The van der Waals surface area contributed by atoms with Gasteiger partial charge in [0.05, 0.1) is 17.4 Å². The number of amides is 2. The molecule has 7 nitrogen and oxygen atoms in total. The third kappa shape index (κ3) is 3.87. The first kappa shape index (κ1) is 19.9. The summed E-state index contributed by atoms with van der Waals surface area (Å²) < 4.78 is 5.86. The summed E-state index contributed by atoms with van der Waals surface area (Å²) >= 11 is 0. The van der Waals surface area contributed by atoms with E-state index >= 15 is 0 Å². The number of hydrogen-bond donors (Lipinski definition) is 1. The quantitative estimate of drug-likeness (QED) is 0.723. The van der Waals surface area contributed by atoms with Crippen LogP contribution < -0.4 is 4.74 Å². The van der Waals surface area contributed by atoms with Gasteiger partial charge in [-0.2, -0.15) is 0 Å². The molecule has 7 heteroatoms. The molecule has 1 aliphatic rings. The molecule has 2 aromatic carbocycles. The average molecular weight is 406 g/mol. The Labute approximate surface area is 175 Å². The molecule has 0 spiro atoms. The molecule has 1 N–H and O–H groups in total. The predicted molar refractivity (Wildman–Crippen MR) is 115 cm³/mol. The van der Waals surface area contributed by atoms with Crippen LogP contribution in [0.2, 0.25) is 0 Å². The summed E-state index contributed by atoms with van der Waals surface area (Å²) in [6.07, 6.45) is 1.62. The minimum absolute atomic E-state index is 0.00950. The van der Waals surface area contributed by atoms with Crippen LogP contribution in [0.1, 0.15) is 27.0 Å². The summed E-state index contributed by atoms with van der Waals surface area (Å²) in [6, 6.07) is 9.52. The molecule has 1 saturated heterocycles.